The number of hydrogen-bond donors (Lipinski definition) is 2. The molecule has 0 saturated carbocycles. The summed E-state index contributed by atoms with van der Waals surface area (Å²) in [5, 5.41) is 14.6. The maximum absolute atomic E-state index is 12.6. The van der Waals surface area contributed by atoms with E-state index in [0.717, 1.165) is 12.1 Å². The lowest BCUT2D eigenvalue weighted by atomic mass is 10.1. The lowest BCUT2D eigenvalue weighted by molar-refractivity contribution is -0.137. The zero-order valence-corrected chi connectivity index (χ0v) is 16.0. The van der Waals surface area contributed by atoms with Crippen molar-refractivity contribution in [3.05, 3.63) is 68.4 Å². The van der Waals surface area contributed by atoms with E-state index >= 15 is 0 Å². The van der Waals surface area contributed by atoms with Gasteiger partial charge in [-0.3, -0.25) is 9.59 Å². The van der Waals surface area contributed by atoms with Gasteiger partial charge in [0.25, 0.3) is 0 Å². The van der Waals surface area contributed by atoms with Crippen molar-refractivity contribution >= 4 is 17.2 Å². The van der Waals surface area contributed by atoms with Crippen LogP contribution in [0.1, 0.15) is 16.3 Å². The topological polar surface area (TPSA) is 84.2 Å². The van der Waals surface area contributed by atoms with Gasteiger partial charge in [0.05, 0.1) is 23.5 Å². The molecule has 0 fully saturated rings. The third-order valence-corrected chi connectivity index (χ3v) is 5.07. The van der Waals surface area contributed by atoms with Crippen molar-refractivity contribution in [2.24, 2.45) is 0 Å². The Hall–Kier alpha value is -3.14. The Labute approximate surface area is 167 Å². The molecule has 2 aromatic heterocycles. The fraction of sp³-hybridized carbons (Fsp3) is 0.211. The van der Waals surface area contributed by atoms with Gasteiger partial charge < -0.3 is 15.0 Å². The fourth-order valence-electron chi connectivity index (χ4n) is 2.57. The van der Waals surface area contributed by atoms with E-state index in [0.29, 0.717) is 16.3 Å². The number of alkyl halides is 3. The van der Waals surface area contributed by atoms with Gasteiger partial charge in [0.1, 0.15) is 11.6 Å². The van der Waals surface area contributed by atoms with E-state index in [4.69, 9.17) is 0 Å². The number of pyridine rings is 1. The molecular formula is C19H16F3N3O3S. The normalized spacial score (nSPS) is 11.4. The lowest BCUT2D eigenvalue weighted by Gasteiger charge is -2.11. The molecule has 0 unspecified atom stereocenters. The summed E-state index contributed by atoms with van der Waals surface area (Å²) in [6, 6.07) is 5.88. The van der Waals surface area contributed by atoms with Crippen LogP contribution in [-0.2, 0) is 24.1 Å². The van der Waals surface area contributed by atoms with Crippen LogP contribution in [0.3, 0.4) is 0 Å². The number of rotatable bonds is 5. The number of benzene rings is 1. The zero-order chi connectivity index (χ0) is 21.2. The van der Waals surface area contributed by atoms with E-state index < -0.39 is 22.9 Å². The third kappa shape index (κ3) is 4.83. The second kappa shape index (κ2) is 8.08. The maximum Gasteiger partial charge on any atom is 0.416 e. The Morgan fingerprint density at radius 2 is 1.93 bits per heavy atom. The molecule has 29 heavy (non-hydrogen) atoms. The molecule has 10 heteroatoms. The van der Waals surface area contributed by atoms with Gasteiger partial charge in [-0.15, -0.1) is 11.3 Å². The Kier molecular flexibility index (Phi) is 5.73. The summed E-state index contributed by atoms with van der Waals surface area (Å²) >= 11 is 1.27. The van der Waals surface area contributed by atoms with Crippen LogP contribution in [0.15, 0.2) is 46.7 Å². The van der Waals surface area contributed by atoms with Crippen molar-refractivity contribution in [2.45, 2.75) is 26.2 Å². The van der Waals surface area contributed by atoms with Crippen LogP contribution in [0.4, 0.5) is 13.2 Å². The molecule has 0 spiro atoms. The summed E-state index contributed by atoms with van der Waals surface area (Å²) in [4.78, 5) is 27.8. The molecule has 1 amide bonds. The molecule has 2 heterocycles. The Morgan fingerprint density at radius 1 is 1.24 bits per heavy atom. The largest absolute Gasteiger partial charge is 0.503 e. The van der Waals surface area contributed by atoms with Crippen LogP contribution in [0.5, 0.6) is 5.75 Å². The van der Waals surface area contributed by atoms with Gasteiger partial charge in [0, 0.05) is 23.2 Å². The molecule has 0 aliphatic heterocycles. The van der Waals surface area contributed by atoms with E-state index in [9.17, 15) is 27.9 Å². The molecule has 3 rings (SSSR count). The first-order valence-corrected chi connectivity index (χ1v) is 9.31. The Balaban J connectivity index is 1.61. The average molecular weight is 423 g/mol. The summed E-state index contributed by atoms with van der Waals surface area (Å²) in [6.45, 7) is 1.59. The van der Waals surface area contributed by atoms with Crippen molar-refractivity contribution in [1.82, 2.24) is 14.9 Å². The first-order valence-electron chi connectivity index (χ1n) is 8.43. The third-order valence-electron chi connectivity index (χ3n) is 4.22. The first-order chi connectivity index (χ1) is 13.6. The number of nitrogens with zero attached hydrogens (tertiary/aromatic N) is 2. The summed E-state index contributed by atoms with van der Waals surface area (Å²) in [6.07, 6.45) is -2.97. The fourth-order valence-corrected chi connectivity index (χ4v) is 3.32. The molecule has 0 aliphatic rings. The van der Waals surface area contributed by atoms with Gasteiger partial charge in [-0.25, -0.2) is 4.98 Å². The smallest absolute Gasteiger partial charge is 0.416 e. The Morgan fingerprint density at radius 3 is 2.59 bits per heavy atom. The van der Waals surface area contributed by atoms with Crippen LogP contribution in [-0.4, -0.2) is 20.6 Å². The standard InChI is InChI=1S/C19H16F3N3O3S/c1-11-18(28)15(26)6-7-25(11)9-16(27)23-8-17-24-14(10-29-17)12-2-4-13(5-3-12)19(20,21)22/h2-7,10,28H,8-9H2,1H3,(H,23,27). The van der Waals surface area contributed by atoms with Gasteiger partial charge >= 0.3 is 6.18 Å². The van der Waals surface area contributed by atoms with E-state index in [-0.39, 0.29) is 24.7 Å². The first kappa shape index (κ1) is 20.6. The van der Waals surface area contributed by atoms with Crippen LogP contribution in [0.2, 0.25) is 0 Å². The number of carbonyl (C=O) groups excluding carboxylic acids is 1. The highest BCUT2D eigenvalue weighted by atomic mass is 32.1. The number of aromatic nitrogens is 2. The molecule has 0 radical (unpaired) electrons. The van der Waals surface area contributed by atoms with Gasteiger partial charge in [-0.1, -0.05) is 12.1 Å². The summed E-state index contributed by atoms with van der Waals surface area (Å²) in [5.41, 5.74) is 0.109. The monoisotopic (exact) mass is 423 g/mol. The summed E-state index contributed by atoms with van der Waals surface area (Å²) in [7, 11) is 0. The zero-order valence-electron chi connectivity index (χ0n) is 15.2. The van der Waals surface area contributed by atoms with E-state index in [1.807, 2.05) is 0 Å². The van der Waals surface area contributed by atoms with Gasteiger partial charge in [-0.05, 0) is 19.1 Å². The SMILES string of the molecule is Cc1c(O)c(=O)ccn1CC(=O)NCc1nc(-c2ccc(C(F)(F)F)cc2)cs1. The highest BCUT2D eigenvalue weighted by molar-refractivity contribution is 7.09. The van der Waals surface area contributed by atoms with Crippen LogP contribution in [0, 0.1) is 6.92 Å². The minimum absolute atomic E-state index is 0.0865. The Bertz CT molecular complexity index is 1090. The number of aromatic hydroxyl groups is 1. The summed E-state index contributed by atoms with van der Waals surface area (Å²) < 4.78 is 39.4. The molecule has 0 aliphatic carbocycles. The molecular weight excluding hydrogens is 407 g/mol. The van der Waals surface area contributed by atoms with E-state index in [2.05, 4.69) is 10.3 Å². The van der Waals surface area contributed by atoms with Crippen molar-refractivity contribution in [1.29, 1.82) is 0 Å². The highest BCUT2D eigenvalue weighted by Gasteiger charge is 2.30. The second-order valence-electron chi connectivity index (χ2n) is 6.22. The van der Waals surface area contributed by atoms with Gasteiger partial charge in [0.15, 0.2) is 5.75 Å². The average Bonchev–Trinajstić information content (AvgIpc) is 3.15. The van der Waals surface area contributed by atoms with Crippen molar-refractivity contribution < 1.29 is 23.1 Å². The lowest BCUT2D eigenvalue weighted by Crippen LogP contribution is -2.28. The molecule has 0 saturated heterocycles. The van der Waals surface area contributed by atoms with Gasteiger partial charge in [0.2, 0.25) is 11.3 Å². The second-order valence-corrected chi connectivity index (χ2v) is 7.16. The molecule has 2 N–H and O–H groups in total. The molecule has 152 valence electrons. The number of hydrogen-bond acceptors (Lipinski definition) is 5. The van der Waals surface area contributed by atoms with Crippen LogP contribution < -0.4 is 10.7 Å². The van der Waals surface area contributed by atoms with E-state index in [1.54, 1.807) is 5.38 Å². The van der Waals surface area contributed by atoms with Crippen LogP contribution >= 0.6 is 11.3 Å². The number of amides is 1. The van der Waals surface area contributed by atoms with E-state index in [1.165, 1.54) is 47.2 Å². The predicted octanol–water partition coefficient (Wildman–Crippen LogP) is 3.32. The quantitative estimate of drug-likeness (QED) is 0.660. The predicted molar refractivity (Wildman–Crippen MR) is 102 cm³/mol. The van der Waals surface area contributed by atoms with Crippen molar-refractivity contribution in [3.63, 3.8) is 0 Å². The molecule has 1 aromatic carbocycles. The summed E-state index contributed by atoms with van der Waals surface area (Å²) in [5.74, 6) is -0.746. The molecule has 0 atom stereocenters. The molecule has 0 bridgehead atoms. The highest BCUT2D eigenvalue weighted by Crippen LogP contribution is 2.31. The van der Waals surface area contributed by atoms with Crippen molar-refractivity contribution in [2.75, 3.05) is 0 Å². The maximum atomic E-state index is 12.6. The number of halogens is 3. The minimum Gasteiger partial charge on any atom is -0.503 e. The van der Waals surface area contributed by atoms with Crippen molar-refractivity contribution in [3.8, 4) is 17.0 Å². The number of thiazole rings is 1. The minimum atomic E-state index is -4.39. The number of carbonyl (C=O) groups is 1. The molecule has 6 nitrogen and oxygen atoms in total. The number of nitrogens with one attached hydrogen (secondary N) is 1. The van der Waals surface area contributed by atoms with Crippen LogP contribution in [0.25, 0.3) is 11.3 Å². The molecule has 3 aromatic rings. The van der Waals surface area contributed by atoms with Gasteiger partial charge in [-0.2, -0.15) is 13.2 Å².